The monoisotopic (exact) mass is 437 g/mol. The number of H-pyrrole nitrogens is 1. The molecule has 3 aromatic rings. The predicted octanol–water partition coefficient (Wildman–Crippen LogP) is 4.38. The number of hydrogen-bond donors (Lipinski definition) is 2. The van der Waals surface area contributed by atoms with E-state index in [4.69, 9.17) is 9.57 Å². The maximum atomic E-state index is 12.0. The molecule has 31 heavy (non-hydrogen) atoms. The predicted molar refractivity (Wildman–Crippen MR) is 122 cm³/mol. The Morgan fingerprint density at radius 2 is 2.23 bits per heavy atom. The number of benzene rings is 1. The van der Waals surface area contributed by atoms with Crippen molar-refractivity contribution < 1.29 is 14.4 Å². The van der Waals surface area contributed by atoms with Gasteiger partial charge in [-0.15, -0.1) is 11.3 Å². The number of amides is 1. The average Bonchev–Trinajstić information content (AvgIpc) is 3.40. The molecule has 162 valence electrons. The molecule has 7 heteroatoms. The van der Waals surface area contributed by atoms with Crippen molar-refractivity contribution in [1.82, 2.24) is 15.4 Å². The van der Waals surface area contributed by atoms with Gasteiger partial charge in [0, 0.05) is 65.1 Å². The van der Waals surface area contributed by atoms with Crippen LogP contribution in [0.15, 0.2) is 42.5 Å². The molecule has 0 bridgehead atoms. The maximum absolute atomic E-state index is 12.0. The van der Waals surface area contributed by atoms with E-state index in [-0.39, 0.29) is 12.2 Å². The molecule has 1 amide bonds. The van der Waals surface area contributed by atoms with Gasteiger partial charge in [0.1, 0.15) is 0 Å². The third kappa shape index (κ3) is 4.91. The fourth-order valence-corrected chi connectivity index (χ4v) is 5.25. The van der Waals surface area contributed by atoms with Crippen molar-refractivity contribution in [2.75, 3.05) is 13.2 Å². The van der Waals surface area contributed by atoms with Crippen LogP contribution >= 0.6 is 11.3 Å². The Labute approximate surface area is 185 Å². The van der Waals surface area contributed by atoms with Crippen molar-refractivity contribution >= 4 is 34.2 Å². The molecule has 0 saturated carbocycles. The van der Waals surface area contributed by atoms with E-state index in [0.717, 1.165) is 50.2 Å². The second-order valence-electron chi connectivity index (χ2n) is 8.11. The number of fused-ring (bicyclic) bond motifs is 3. The number of carbonyl (C=O) groups excluding carboxylic acids is 1. The summed E-state index contributed by atoms with van der Waals surface area (Å²) in [7, 11) is 0. The molecule has 1 atom stereocenters. The highest BCUT2D eigenvalue weighted by Crippen LogP contribution is 2.29. The molecule has 4 heterocycles. The molecule has 0 radical (unpaired) electrons. The normalized spacial score (nSPS) is 19.7. The first kappa shape index (κ1) is 20.5. The highest BCUT2D eigenvalue weighted by atomic mass is 32.1. The van der Waals surface area contributed by atoms with Gasteiger partial charge in [-0.3, -0.25) is 9.69 Å². The summed E-state index contributed by atoms with van der Waals surface area (Å²) in [5.74, 6) is -0.272. The molecule has 1 saturated heterocycles. The summed E-state index contributed by atoms with van der Waals surface area (Å²) < 4.78 is 5.44. The molecule has 5 rings (SSSR count). The molecule has 2 N–H and O–H groups in total. The Morgan fingerprint density at radius 3 is 3.13 bits per heavy atom. The number of aromatic amines is 1. The van der Waals surface area contributed by atoms with Gasteiger partial charge in [-0.25, -0.2) is 10.3 Å². The molecule has 0 spiro atoms. The summed E-state index contributed by atoms with van der Waals surface area (Å²) in [6.45, 7) is 3.60. The van der Waals surface area contributed by atoms with E-state index < -0.39 is 0 Å². The largest absolute Gasteiger partial charge is 0.357 e. The van der Waals surface area contributed by atoms with E-state index in [9.17, 15) is 4.79 Å². The molecule has 2 aromatic heterocycles. The van der Waals surface area contributed by atoms with Crippen molar-refractivity contribution in [3.63, 3.8) is 0 Å². The highest BCUT2D eigenvalue weighted by Gasteiger charge is 2.20. The lowest BCUT2D eigenvalue weighted by atomic mass is 10.0. The lowest BCUT2D eigenvalue weighted by Crippen LogP contribution is -2.32. The highest BCUT2D eigenvalue weighted by molar-refractivity contribution is 7.12. The van der Waals surface area contributed by atoms with Gasteiger partial charge in [-0.05, 0) is 49.1 Å². The molecule has 1 unspecified atom stereocenters. The Kier molecular flexibility index (Phi) is 6.18. The number of para-hydroxylation sites is 1. The summed E-state index contributed by atoms with van der Waals surface area (Å²) in [5, 5.41) is 1.36. The van der Waals surface area contributed by atoms with Crippen LogP contribution in [0.5, 0.6) is 0 Å². The molecule has 0 aliphatic carbocycles. The molecule has 1 aromatic carbocycles. The van der Waals surface area contributed by atoms with Crippen LogP contribution in [0.1, 0.15) is 40.3 Å². The van der Waals surface area contributed by atoms with Gasteiger partial charge in [0.05, 0.1) is 0 Å². The molecule has 6 nitrogen and oxygen atoms in total. The zero-order valence-electron chi connectivity index (χ0n) is 17.4. The summed E-state index contributed by atoms with van der Waals surface area (Å²) in [6, 6.07) is 12.8. The number of hydroxylamine groups is 1. The number of thiophene rings is 1. The summed E-state index contributed by atoms with van der Waals surface area (Å²) in [4.78, 5) is 25.7. The quantitative estimate of drug-likeness (QED) is 0.444. The van der Waals surface area contributed by atoms with Gasteiger partial charge in [-0.1, -0.05) is 18.2 Å². The Balaban J connectivity index is 1.14. The van der Waals surface area contributed by atoms with Crippen LogP contribution in [0.2, 0.25) is 0 Å². The van der Waals surface area contributed by atoms with Crippen molar-refractivity contribution in [3.05, 3.63) is 63.5 Å². The number of ether oxygens (including phenoxy) is 1. The minimum atomic E-state index is -0.332. The van der Waals surface area contributed by atoms with E-state index in [0.29, 0.717) is 6.61 Å². The van der Waals surface area contributed by atoms with Gasteiger partial charge in [-0.2, -0.15) is 0 Å². The van der Waals surface area contributed by atoms with Crippen molar-refractivity contribution in [1.29, 1.82) is 0 Å². The smallest absolute Gasteiger partial charge is 0.267 e. The van der Waals surface area contributed by atoms with Gasteiger partial charge in [0.2, 0.25) is 0 Å². The number of carbonyl (C=O) groups is 1. The summed E-state index contributed by atoms with van der Waals surface area (Å²) in [5.41, 5.74) is 6.49. The van der Waals surface area contributed by atoms with E-state index in [1.807, 2.05) is 6.08 Å². The molecular formula is C24H27N3O3S. The van der Waals surface area contributed by atoms with E-state index in [2.05, 4.69) is 51.8 Å². The number of hydrogen-bond acceptors (Lipinski definition) is 5. The maximum Gasteiger partial charge on any atom is 0.267 e. The number of rotatable bonds is 6. The third-order valence-corrected chi connectivity index (χ3v) is 6.89. The van der Waals surface area contributed by atoms with E-state index in [1.165, 1.54) is 33.1 Å². The first-order valence-corrected chi connectivity index (χ1v) is 11.7. The molecular weight excluding hydrogens is 410 g/mol. The van der Waals surface area contributed by atoms with Crippen LogP contribution in [-0.2, 0) is 33.9 Å². The van der Waals surface area contributed by atoms with Gasteiger partial charge >= 0.3 is 0 Å². The van der Waals surface area contributed by atoms with Crippen LogP contribution < -0.4 is 5.48 Å². The number of aromatic nitrogens is 1. The topological polar surface area (TPSA) is 66.6 Å². The van der Waals surface area contributed by atoms with Crippen molar-refractivity contribution in [3.8, 4) is 0 Å². The van der Waals surface area contributed by atoms with Crippen molar-refractivity contribution in [2.45, 2.75) is 45.1 Å². The molecule has 1 fully saturated rings. The second kappa shape index (κ2) is 9.36. The fraction of sp³-hybridized carbons (Fsp3) is 0.375. The van der Waals surface area contributed by atoms with Crippen LogP contribution in [0.25, 0.3) is 17.0 Å². The van der Waals surface area contributed by atoms with Crippen molar-refractivity contribution in [2.24, 2.45) is 0 Å². The standard InChI is InChI=1S/C24H27N3O3S/c28-23(26-30-24-7-3-4-14-29-24)11-10-17-8-9-18(31-17)15-27-13-12-20-19-5-1-2-6-21(19)25-22(20)16-27/h1-2,5-6,8-11,24-25H,3-4,7,12-16H2,(H,26,28)/b11-10+. The molecule has 2 aliphatic rings. The zero-order chi connectivity index (χ0) is 21.0. The van der Waals surface area contributed by atoms with E-state index >= 15 is 0 Å². The third-order valence-electron chi connectivity index (χ3n) is 5.85. The Hall–Kier alpha value is -2.45. The lowest BCUT2D eigenvalue weighted by molar-refractivity contribution is -0.198. The van der Waals surface area contributed by atoms with E-state index in [1.54, 1.807) is 11.3 Å². The van der Waals surface area contributed by atoms with Gasteiger partial charge in [0.15, 0.2) is 6.29 Å². The first-order chi connectivity index (χ1) is 15.2. The van der Waals surface area contributed by atoms with Gasteiger partial charge < -0.3 is 9.72 Å². The van der Waals surface area contributed by atoms with Gasteiger partial charge in [0.25, 0.3) is 5.91 Å². The van der Waals surface area contributed by atoms with Crippen LogP contribution in [0, 0.1) is 0 Å². The first-order valence-electron chi connectivity index (χ1n) is 10.9. The Morgan fingerprint density at radius 1 is 1.29 bits per heavy atom. The minimum absolute atomic E-state index is 0.272. The second-order valence-corrected chi connectivity index (χ2v) is 9.31. The van der Waals surface area contributed by atoms with Crippen LogP contribution in [0.4, 0.5) is 0 Å². The lowest BCUT2D eigenvalue weighted by Gasteiger charge is -2.26. The SMILES string of the molecule is O=C(/C=C/c1ccc(CN2CCc3c([nH]c4ccccc34)C2)s1)NOC1CCCCO1. The van der Waals surface area contributed by atoms with Crippen LogP contribution in [0.3, 0.4) is 0 Å². The fourth-order valence-electron chi connectivity index (χ4n) is 4.29. The summed E-state index contributed by atoms with van der Waals surface area (Å²) >= 11 is 1.72. The zero-order valence-corrected chi connectivity index (χ0v) is 18.2. The summed E-state index contributed by atoms with van der Waals surface area (Å²) in [6.07, 6.45) is 7.01. The Bertz CT molecular complexity index is 1080. The molecule has 2 aliphatic heterocycles. The number of nitrogens with zero attached hydrogens (tertiary/aromatic N) is 1. The minimum Gasteiger partial charge on any atom is -0.357 e. The van der Waals surface area contributed by atoms with Crippen LogP contribution in [-0.4, -0.2) is 35.2 Å². The number of nitrogens with one attached hydrogen (secondary N) is 2. The average molecular weight is 438 g/mol.